The summed E-state index contributed by atoms with van der Waals surface area (Å²) >= 11 is 0. The van der Waals surface area contributed by atoms with Gasteiger partial charge in [-0.25, -0.2) is 4.79 Å². The van der Waals surface area contributed by atoms with Gasteiger partial charge in [-0.05, 0) is 44.5 Å². The topological polar surface area (TPSA) is 89.8 Å². The first kappa shape index (κ1) is 20.0. The van der Waals surface area contributed by atoms with Crippen molar-refractivity contribution < 1.29 is 19.2 Å². The zero-order chi connectivity index (χ0) is 21.1. The fourth-order valence-electron chi connectivity index (χ4n) is 3.18. The van der Waals surface area contributed by atoms with Crippen LogP contribution in [0.15, 0.2) is 65.4 Å². The smallest absolute Gasteiger partial charge is 0.340 e. The number of rotatable bonds is 5. The second kappa shape index (κ2) is 8.10. The Morgan fingerprint density at radius 2 is 1.86 bits per heavy atom. The molecule has 29 heavy (non-hydrogen) atoms. The molecule has 3 rings (SSSR count). The number of hydrogen-bond acceptors (Lipinski definition) is 5. The first-order valence-electron chi connectivity index (χ1n) is 9.09. The molecule has 148 valence electrons. The largest absolute Gasteiger partial charge is 0.462 e. The number of aryl methyl sites for hydroxylation is 1. The molecule has 0 fully saturated rings. The lowest BCUT2D eigenvalue weighted by Gasteiger charge is -2.18. The van der Waals surface area contributed by atoms with Crippen LogP contribution >= 0.6 is 0 Å². The molecule has 1 aliphatic rings. The molecule has 2 aromatic carbocycles. The first-order chi connectivity index (χ1) is 13.8. The summed E-state index contributed by atoms with van der Waals surface area (Å²) in [4.78, 5) is 37.8. The van der Waals surface area contributed by atoms with Gasteiger partial charge in [-0.3, -0.25) is 19.8 Å². The molecule has 0 saturated heterocycles. The SMILES string of the molecule is CCOC(=O)C1=C(C)N(c2ccc(C)cc2)C(=O)/C1=C\c1cccc([N+](=O)[O-])c1. The molecular weight excluding hydrogens is 372 g/mol. The number of hydrogen-bond donors (Lipinski definition) is 0. The highest BCUT2D eigenvalue weighted by Gasteiger charge is 2.38. The fourth-order valence-corrected chi connectivity index (χ4v) is 3.18. The van der Waals surface area contributed by atoms with E-state index in [1.807, 2.05) is 19.1 Å². The third-order valence-corrected chi connectivity index (χ3v) is 4.56. The van der Waals surface area contributed by atoms with Gasteiger partial charge < -0.3 is 4.74 Å². The Labute approximate surface area is 168 Å². The van der Waals surface area contributed by atoms with Crippen molar-refractivity contribution in [2.24, 2.45) is 0 Å². The number of esters is 1. The number of non-ortho nitro benzene ring substituents is 1. The lowest BCUT2D eigenvalue weighted by Crippen LogP contribution is -2.24. The van der Waals surface area contributed by atoms with Crippen LogP contribution in [0.2, 0.25) is 0 Å². The van der Waals surface area contributed by atoms with Crippen molar-refractivity contribution in [1.29, 1.82) is 0 Å². The molecule has 0 atom stereocenters. The fraction of sp³-hybridized carbons (Fsp3) is 0.182. The van der Waals surface area contributed by atoms with E-state index in [1.165, 1.54) is 29.2 Å². The number of anilines is 1. The van der Waals surface area contributed by atoms with Crippen LogP contribution in [-0.4, -0.2) is 23.4 Å². The maximum Gasteiger partial charge on any atom is 0.340 e. The van der Waals surface area contributed by atoms with Crippen molar-refractivity contribution in [2.45, 2.75) is 20.8 Å². The summed E-state index contributed by atoms with van der Waals surface area (Å²) in [6.45, 7) is 5.47. The summed E-state index contributed by atoms with van der Waals surface area (Å²) in [5, 5.41) is 11.1. The predicted molar refractivity (Wildman–Crippen MR) is 109 cm³/mol. The van der Waals surface area contributed by atoms with Gasteiger partial charge in [0.2, 0.25) is 0 Å². The Balaban J connectivity index is 2.13. The van der Waals surface area contributed by atoms with Crippen LogP contribution in [0, 0.1) is 17.0 Å². The Morgan fingerprint density at radius 3 is 2.48 bits per heavy atom. The normalized spacial score (nSPS) is 15.2. The zero-order valence-corrected chi connectivity index (χ0v) is 16.3. The number of allylic oxidation sites excluding steroid dienone is 1. The molecule has 7 nitrogen and oxygen atoms in total. The molecule has 0 N–H and O–H groups in total. The summed E-state index contributed by atoms with van der Waals surface area (Å²) in [6, 6.07) is 13.2. The van der Waals surface area contributed by atoms with Crippen LogP contribution in [0.4, 0.5) is 11.4 Å². The molecule has 0 saturated carbocycles. The molecule has 0 radical (unpaired) electrons. The number of carbonyl (C=O) groups excluding carboxylic acids is 2. The Kier molecular flexibility index (Phi) is 5.59. The molecule has 1 aliphatic heterocycles. The molecule has 1 amide bonds. The number of nitrogens with zero attached hydrogens (tertiary/aromatic N) is 2. The van der Waals surface area contributed by atoms with E-state index in [2.05, 4.69) is 0 Å². The van der Waals surface area contributed by atoms with Gasteiger partial charge in [-0.15, -0.1) is 0 Å². The molecule has 0 aromatic heterocycles. The van der Waals surface area contributed by atoms with Gasteiger partial charge in [0.1, 0.15) is 0 Å². The number of benzene rings is 2. The van der Waals surface area contributed by atoms with Gasteiger partial charge >= 0.3 is 5.97 Å². The number of ether oxygens (including phenoxy) is 1. The molecular formula is C22H20N2O5. The minimum atomic E-state index is -0.607. The quantitative estimate of drug-likeness (QED) is 0.330. The standard InChI is InChI=1S/C22H20N2O5/c1-4-29-22(26)20-15(3)23(17-10-8-14(2)9-11-17)21(25)19(20)13-16-6-5-7-18(12-16)24(27)28/h5-13H,4H2,1-3H3/b19-13-. The van der Waals surface area contributed by atoms with Gasteiger partial charge in [0.05, 0.1) is 22.7 Å². The molecule has 0 unspecified atom stereocenters. The number of nitro benzene ring substituents is 1. The third kappa shape index (κ3) is 3.94. The van der Waals surface area contributed by atoms with Crippen molar-refractivity contribution >= 4 is 29.3 Å². The highest BCUT2D eigenvalue weighted by atomic mass is 16.6. The molecule has 0 aliphatic carbocycles. The van der Waals surface area contributed by atoms with Crippen molar-refractivity contribution in [3.05, 3.63) is 86.6 Å². The van der Waals surface area contributed by atoms with Gasteiger partial charge in [-0.2, -0.15) is 0 Å². The lowest BCUT2D eigenvalue weighted by atomic mass is 10.0. The summed E-state index contributed by atoms with van der Waals surface area (Å²) < 4.78 is 5.15. The summed E-state index contributed by atoms with van der Waals surface area (Å²) in [7, 11) is 0. The van der Waals surface area contributed by atoms with Gasteiger partial charge in [0.25, 0.3) is 11.6 Å². The number of nitro groups is 1. The number of carbonyl (C=O) groups is 2. The Hall–Kier alpha value is -3.74. The molecule has 1 heterocycles. The highest BCUT2D eigenvalue weighted by molar-refractivity contribution is 6.23. The molecule has 0 spiro atoms. The van der Waals surface area contributed by atoms with Gasteiger partial charge in [0.15, 0.2) is 0 Å². The molecule has 2 aromatic rings. The lowest BCUT2D eigenvalue weighted by molar-refractivity contribution is -0.384. The predicted octanol–water partition coefficient (Wildman–Crippen LogP) is 4.17. The van der Waals surface area contributed by atoms with Crippen molar-refractivity contribution in [1.82, 2.24) is 0 Å². The average Bonchev–Trinajstić information content (AvgIpc) is 2.93. The second-order valence-electron chi connectivity index (χ2n) is 6.57. The van der Waals surface area contributed by atoms with Gasteiger partial charge in [-0.1, -0.05) is 29.8 Å². The third-order valence-electron chi connectivity index (χ3n) is 4.56. The monoisotopic (exact) mass is 392 g/mol. The summed E-state index contributed by atoms with van der Waals surface area (Å²) in [5.41, 5.74) is 2.77. The van der Waals surface area contributed by atoms with Crippen LogP contribution in [0.1, 0.15) is 25.0 Å². The number of amides is 1. The zero-order valence-electron chi connectivity index (χ0n) is 16.3. The molecule has 0 bridgehead atoms. The van der Waals surface area contributed by atoms with E-state index in [0.29, 0.717) is 16.9 Å². The van der Waals surface area contributed by atoms with Crippen LogP contribution in [0.25, 0.3) is 6.08 Å². The second-order valence-corrected chi connectivity index (χ2v) is 6.57. The average molecular weight is 392 g/mol. The summed E-state index contributed by atoms with van der Waals surface area (Å²) in [5.74, 6) is -0.995. The van der Waals surface area contributed by atoms with E-state index >= 15 is 0 Å². The maximum absolute atomic E-state index is 13.2. The maximum atomic E-state index is 13.2. The van der Waals surface area contributed by atoms with E-state index in [1.54, 1.807) is 32.0 Å². The Bertz CT molecular complexity index is 1050. The van der Waals surface area contributed by atoms with Crippen molar-refractivity contribution in [3.63, 3.8) is 0 Å². The van der Waals surface area contributed by atoms with Crippen molar-refractivity contribution in [3.8, 4) is 0 Å². The van der Waals surface area contributed by atoms with E-state index < -0.39 is 10.9 Å². The minimum absolute atomic E-state index is 0.0985. The van der Waals surface area contributed by atoms with Gasteiger partial charge in [0, 0.05) is 23.5 Å². The van der Waals surface area contributed by atoms with Crippen LogP contribution in [0.5, 0.6) is 0 Å². The van der Waals surface area contributed by atoms with E-state index in [4.69, 9.17) is 4.74 Å². The van der Waals surface area contributed by atoms with Crippen LogP contribution in [-0.2, 0) is 14.3 Å². The first-order valence-corrected chi connectivity index (χ1v) is 9.09. The van der Waals surface area contributed by atoms with Crippen LogP contribution in [0.3, 0.4) is 0 Å². The minimum Gasteiger partial charge on any atom is -0.462 e. The van der Waals surface area contributed by atoms with Crippen LogP contribution < -0.4 is 4.90 Å². The van der Waals surface area contributed by atoms with E-state index in [0.717, 1.165) is 5.56 Å². The van der Waals surface area contributed by atoms with Crippen molar-refractivity contribution in [2.75, 3.05) is 11.5 Å². The van der Waals surface area contributed by atoms with E-state index in [9.17, 15) is 19.7 Å². The molecule has 7 heteroatoms. The summed E-state index contributed by atoms with van der Waals surface area (Å²) in [6.07, 6.45) is 1.49. The van der Waals surface area contributed by atoms with E-state index in [-0.39, 0.29) is 29.3 Å². The highest BCUT2D eigenvalue weighted by Crippen LogP contribution is 2.35. The Morgan fingerprint density at radius 1 is 1.17 bits per heavy atom.